The fraction of sp³-hybridized carbons (Fsp3) is 0.294. The van der Waals surface area contributed by atoms with E-state index >= 15 is 0 Å². The van der Waals surface area contributed by atoms with E-state index in [0.717, 1.165) is 0 Å². The zero-order valence-electron chi connectivity index (χ0n) is 12.8. The number of ketones is 2. The molecule has 0 amide bonds. The van der Waals surface area contributed by atoms with Crippen molar-refractivity contribution in [1.82, 2.24) is 4.90 Å². The lowest BCUT2D eigenvalue weighted by molar-refractivity contribution is -0.116. The van der Waals surface area contributed by atoms with Crippen LogP contribution < -0.4 is 0 Å². The van der Waals surface area contributed by atoms with Gasteiger partial charge in [0.2, 0.25) is 5.78 Å². The van der Waals surface area contributed by atoms with Crippen molar-refractivity contribution in [1.29, 1.82) is 0 Å². The van der Waals surface area contributed by atoms with E-state index in [9.17, 15) is 14.7 Å². The van der Waals surface area contributed by atoms with Crippen LogP contribution in [0.5, 0.6) is 5.75 Å². The molecule has 0 atom stereocenters. The number of likely N-dealkylation sites (N-methyl/N-ethyl adjacent to an activating group) is 1. The van der Waals surface area contributed by atoms with Crippen molar-refractivity contribution in [3.8, 4) is 5.75 Å². The number of hydrogen-bond donors (Lipinski definition) is 2. The molecular formula is C17H18ClNO4. The highest BCUT2D eigenvalue weighted by atomic mass is 35.5. The largest absolute Gasteiger partial charge is 0.508 e. The molecule has 0 aromatic heterocycles. The Morgan fingerprint density at radius 1 is 1.17 bits per heavy atom. The molecule has 1 aliphatic carbocycles. The third-order valence-corrected chi connectivity index (χ3v) is 4.00. The molecule has 0 aliphatic heterocycles. The standard InChI is InChI=1S/C17H18ClNO4/c1-2-19(5-6-20)15-10-16(22)12(8-17(15)23)7-11-3-4-13(21)9-14(11)18/h3-4,8-10,20-21H,2,5-7H2,1H3. The van der Waals surface area contributed by atoms with Gasteiger partial charge < -0.3 is 15.1 Å². The average molecular weight is 336 g/mol. The van der Waals surface area contributed by atoms with Gasteiger partial charge >= 0.3 is 0 Å². The summed E-state index contributed by atoms with van der Waals surface area (Å²) < 4.78 is 0. The summed E-state index contributed by atoms with van der Waals surface area (Å²) >= 11 is 6.04. The molecule has 0 saturated carbocycles. The number of halogens is 1. The quantitative estimate of drug-likeness (QED) is 0.776. The molecule has 6 heteroatoms. The van der Waals surface area contributed by atoms with E-state index in [0.29, 0.717) is 34.9 Å². The van der Waals surface area contributed by atoms with Crippen LogP contribution in [0.2, 0.25) is 5.02 Å². The molecule has 2 N–H and O–H groups in total. The topological polar surface area (TPSA) is 77.8 Å². The Labute approximate surface area is 139 Å². The molecule has 122 valence electrons. The molecule has 0 heterocycles. The lowest BCUT2D eigenvalue weighted by atomic mass is 9.94. The van der Waals surface area contributed by atoms with Gasteiger partial charge in [-0.15, -0.1) is 0 Å². The molecule has 5 nitrogen and oxygen atoms in total. The molecule has 0 unspecified atom stereocenters. The third-order valence-electron chi connectivity index (χ3n) is 3.65. The first-order valence-corrected chi connectivity index (χ1v) is 7.68. The number of rotatable bonds is 6. The van der Waals surface area contributed by atoms with Gasteiger partial charge in [-0.2, -0.15) is 0 Å². The predicted octanol–water partition coefficient (Wildman–Crippen LogP) is 1.86. The van der Waals surface area contributed by atoms with E-state index in [1.54, 1.807) is 11.0 Å². The van der Waals surface area contributed by atoms with Crippen LogP contribution in [0.3, 0.4) is 0 Å². The maximum absolute atomic E-state index is 12.3. The van der Waals surface area contributed by atoms with Gasteiger partial charge in [0, 0.05) is 36.2 Å². The van der Waals surface area contributed by atoms with Crippen LogP contribution in [-0.4, -0.2) is 46.4 Å². The molecule has 0 fully saturated rings. The van der Waals surface area contributed by atoms with Crippen LogP contribution in [-0.2, 0) is 16.0 Å². The summed E-state index contributed by atoms with van der Waals surface area (Å²) in [7, 11) is 0. The molecule has 23 heavy (non-hydrogen) atoms. The maximum Gasteiger partial charge on any atom is 0.202 e. The summed E-state index contributed by atoms with van der Waals surface area (Å²) in [5.41, 5.74) is 1.31. The highest BCUT2D eigenvalue weighted by molar-refractivity contribution is 6.31. The lowest BCUT2D eigenvalue weighted by Crippen LogP contribution is -2.32. The monoisotopic (exact) mass is 335 g/mol. The average Bonchev–Trinajstić information content (AvgIpc) is 2.51. The number of benzene rings is 1. The van der Waals surface area contributed by atoms with E-state index < -0.39 is 0 Å². The highest BCUT2D eigenvalue weighted by Gasteiger charge is 2.24. The smallest absolute Gasteiger partial charge is 0.202 e. The summed E-state index contributed by atoms with van der Waals surface area (Å²) in [6.07, 6.45) is 2.85. The molecule has 0 radical (unpaired) electrons. The Kier molecular flexibility index (Phi) is 5.58. The second-order valence-corrected chi connectivity index (χ2v) is 5.59. The number of phenols is 1. The van der Waals surface area contributed by atoms with Gasteiger partial charge in [-0.3, -0.25) is 9.59 Å². The summed E-state index contributed by atoms with van der Waals surface area (Å²) in [5, 5.41) is 18.7. The number of nitrogens with zero attached hydrogens (tertiary/aromatic N) is 1. The molecule has 1 aromatic carbocycles. The van der Waals surface area contributed by atoms with Gasteiger partial charge in [0.1, 0.15) is 5.75 Å². The molecule has 1 aliphatic rings. The van der Waals surface area contributed by atoms with Crippen LogP contribution >= 0.6 is 11.6 Å². The van der Waals surface area contributed by atoms with Crippen LogP contribution in [0.4, 0.5) is 0 Å². The second kappa shape index (κ2) is 7.44. The van der Waals surface area contributed by atoms with Gasteiger partial charge in [-0.25, -0.2) is 0 Å². The van der Waals surface area contributed by atoms with Crippen molar-refractivity contribution in [2.24, 2.45) is 0 Å². The molecule has 0 spiro atoms. The number of allylic oxidation sites excluding steroid dienone is 3. The molecule has 2 rings (SSSR count). The number of aromatic hydroxyl groups is 1. The van der Waals surface area contributed by atoms with Crippen LogP contribution in [0.25, 0.3) is 0 Å². The van der Waals surface area contributed by atoms with E-state index in [1.807, 2.05) is 6.92 Å². The third kappa shape index (κ3) is 4.00. The Morgan fingerprint density at radius 3 is 2.52 bits per heavy atom. The first-order valence-electron chi connectivity index (χ1n) is 7.30. The van der Waals surface area contributed by atoms with Gasteiger partial charge in [0.05, 0.1) is 12.3 Å². The number of carbonyl (C=O) groups excluding carboxylic acids is 2. The predicted molar refractivity (Wildman–Crippen MR) is 87.3 cm³/mol. The van der Waals surface area contributed by atoms with Gasteiger partial charge in [-0.05, 0) is 30.7 Å². The first kappa shape index (κ1) is 17.2. The minimum atomic E-state index is -0.259. The van der Waals surface area contributed by atoms with Crippen LogP contribution in [0, 0.1) is 0 Å². The van der Waals surface area contributed by atoms with E-state index in [1.165, 1.54) is 24.3 Å². The first-order chi connectivity index (χ1) is 11.0. The molecule has 1 aromatic rings. The van der Waals surface area contributed by atoms with Gasteiger partial charge in [0.15, 0.2) is 5.78 Å². The van der Waals surface area contributed by atoms with Crippen LogP contribution in [0.15, 0.2) is 41.6 Å². The van der Waals surface area contributed by atoms with Crippen molar-refractivity contribution in [3.63, 3.8) is 0 Å². The SMILES string of the molecule is CCN(CCO)C1=CC(=O)C(Cc2ccc(O)cc2Cl)=CC1=O. The minimum absolute atomic E-state index is 0.0450. The Hall–Kier alpha value is -2.11. The molecular weight excluding hydrogens is 318 g/mol. The summed E-state index contributed by atoms with van der Waals surface area (Å²) in [5.74, 6) is -0.464. The Bertz CT molecular complexity index is 694. The number of hydrogen-bond acceptors (Lipinski definition) is 5. The zero-order chi connectivity index (χ0) is 17.0. The summed E-state index contributed by atoms with van der Waals surface area (Å²) in [6.45, 7) is 2.59. The van der Waals surface area contributed by atoms with Gasteiger partial charge in [0.25, 0.3) is 0 Å². The van der Waals surface area contributed by atoms with Crippen molar-refractivity contribution < 1.29 is 19.8 Å². The number of phenolic OH excluding ortho intramolecular Hbond substituents is 1. The fourth-order valence-corrected chi connectivity index (χ4v) is 2.67. The second-order valence-electron chi connectivity index (χ2n) is 5.18. The van der Waals surface area contributed by atoms with Gasteiger partial charge in [-0.1, -0.05) is 17.7 Å². The van der Waals surface area contributed by atoms with Crippen molar-refractivity contribution in [2.75, 3.05) is 19.7 Å². The number of carbonyl (C=O) groups is 2. The van der Waals surface area contributed by atoms with Crippen molar-refractivity contribution >= 4 is 23.2 Å². The maximum atomic E-state index is 12.3. The van der Waals surface area contributed by atoms with Crippen LogP contribution in [0.1, 0.15) is 12.5 Å². The Balaban J connectivity index is 2.21. The Morgan fingerprint density at radius 2 is 1.91 bits per heavy atom. The van der Waals surface area contributed by atoms with Crippen molar-refractivity contribution in [2.45, 2.75) is 13.3 Å². The van der Waals surface area contributed by atoms with E-state index in [4.69, 9.17) is 16.7 Å². The molecule has 0 saturated heterocycles. The summed E-state index contributed by atoms with van der Waals surface area (Å²) in [6, 6.07) is 4.51. The van der Waals surface area contributed by atoms with E-state index in [2.05, 4.69) is 0 Å². The van der Waals surface area contributed by atoms with E-state index in [-0.39, 0.29) is 30.3 Å². The zero-order valence-corrected chi connectivity index (χ0v) is 13.5. The summed E-state index contributed by atoms with van der Waals surface area (Å²) in [4.78, 5) is 26.2. The number of aliphatic hydroxyl groups is 1. The normalized spacial score (nSPS) is 14.6. The highest BCUT2D eigenvalue weighted by Crippen LogP contribution is 2.26. The minimum Gasteiger partial charge on any atom is -0.508 e. The number of aliphatic hydroxyl groups excluding tert-OH is 1. The molecule has 0 bridgehead atoms. The van der Waals surface area contributed by atoms with Crippen molar-refractivity contribution in [3.05, 3.63) is 52.2 Å². The lowest BCUT2D eigenvalue weighted by Gasteiger charge is -2.25. The fourth-order valence-electron chi connectivity index (χ4n) is 2.43.